The van der Waals surface area contributed by atoms with Crippen molar-refractivity contribution in [1.82, 2.24) is 9.21 Å². The van der Waals surface area contributed by atoms with E-state index in [1.54, 1.807) is 0 Å². The number of rotatable bonds is 6. The first-order valence-electron chi connectivity index (χ1n) is 6.50. The number of hydrogen-bond acceptors (Lipinski definition) is 6. The molecule has 21 heavy (non-hydrogen) atoms. The third-order valence-corrected chi connectivity index (χ3v) is 6.28. The Labute approximate surface area is 127 Å². The first kappa shape index (κ1) is 16.4. The van der Waals surface area contributed by atoms with E-state index in [4.69, 9.17) is 9.84 Å². The molecule has 1 saturated heterocycles. The van der Waals surface area contributed by atoms with E-state index >= 15 is 0 Å². The molecule has 0 spiro atoms. The highest BCUT2D eigenvalue weighted by atomic mass is 32.2. The second-order valence-electron chi connectivity index (χ2n) is 4.70. The summed E-state index contributed by atoms with van der Waals surface area (Å²) in [6.45, 7) is 3.80. The fraction of sp³-hybridized carbons (Fsp3) is 0.583. The smallest absolute Gasteiger partial charge is 0.347 e. The van der Waals surface area contributed by atoms with Gasteiger partial charge in [-0.25, -0.2) is 13.2 Å². The van der Waals surface area contributed by atoms with Crippen molar-refractivity contribution in [1.29, 1.82) is 0 Å². The first-order chi connectivity index (χ1) is 9.93. The molecule has 1 aliphatic heterocycles. The molecule has 0 amide bonds. The number of sulfonamides is 1. The molecular weight excluding hydrogens is 316 g/mol. The predicted octanol–water partition coefficient (Wildman–Crippen LogP) is 0.399. The van der Waals surface area contributed by atoms with Crippen LogP contribution in [0.5, 0.6) is 0 Å². The number of carboxylic acid groups (broad SMARTS) is 1. The average molecular weight is 334 g/mol. The van der Waals surface area contributed by atoms with Crippen molar-refractivity contribution in [2.24, 2.45) is 0 Å². The lowest BCUT2D eigenvalue weighted by Gasteiger charge is -2.28. The molecule has 1 N–H and O–H groups in total. The van der Waals surface area contributed by atoms with Crippen molar-refractivity contribution >= 4 is 27.3 Å². The molecule has 2 heterocycles. The van der Waals surface area contributed by atoms with Crippen molar-refractivity contribution < 1.29 is 23.1 Å². The molecule has 1 fully saturated rings. The minimum absolute atomic E-state index is 0.135. The molecule has 0 radical (unpaired) electrons. The molecule has 9 heteroatoms. The van der Waals surface area contributed by atoms with Crippen molar-refractivity contribution in [2.45, 2.75) is 4.90 Å². The highest BCUT2D eigenvalue weighted by molar-refractivity contribution is 7.89. The summed E-state index contributed by atoms with van der Waals surface area (Å²) in [6, 6.07) is 1.34. The Hall–Kier alpha value is -1.00. The molecule has 1 aliphatic rings. The molecule has 1 aromatic heterocycles. The number of likely N-dealkylation sites (N-methyl/N-ethyl adjacent to an activating group) is 1. The Bertz CT molecular complexity index is 593. The largest absolute Gasteiger partial charge is 0.477 e. The van der Waals surface area contributed by atoms with Crippen LogP contribution in [0.25, 0.3) is 0 Å². The molecular formula is C12H18N2O5S2. The van der Waals surface area contributed by atoms with Crippen molar-refractivity contribution in [3.63, 3.8) is 0 Å². The zero-order chi connectivity index (χ0) is 15.5. The summed E-state index contributed by atoms with van der Waals surface area (Å²) < 4.78 is 31.3. The molecule has 2 rings (SSSR count). The van der Waals surface area contributed by atoms with Crippen molar-refractivity contribution in [3.8, 4) is 0 Å². The normalized spacial score (nSPS) is 17.2. The van der Waals surface area contributed by atoms with E-state index in [0.717, 1.165) is 24.4 Å². The van der Waals surface area contributed by atoms with E-state index < -0.39 is 16.0 Å². The molecule has 0 bridgehead atoms. The van der Waals surface area contributed by atoms with Gasteiger partial charge in [0.25, 0.3) is 0 Å². The lowest BCUT2D eigenvalue weighted by molar-refractivity contribution is 0.0368. The van der Waals surface area contributed by atoms with E-state index in [2.05, 4.69) is 4.90 Å². The Morgan fingerprint density at radius 1 is 1.48 bits per heavy atom. The van der Waals surface area contributed by atoms with Gasteiger partial charge in [0.05, 0.1) is 13.2 Å². The van der Waals surface area contributed by atoms with E-state index in [0.29, 0.717) is 26.3 Å². The zero-order valence-corrected chi connectivity index (χ0v) is 13.3. The number of morpholine rings is 1. The van der Waals surface area contributed by atoms with E-state index in [-0.39, 0.29) is 9.77 Å². The maximum atomic E-state index is 12.4. The summed E-state index contributed by atoms with van der Waals surface area (Å²) in [5, 5.41) is 10.5. The Balaban J connectivity index is 2.04. The maximum Gasteiger partial charge on any atom is 0.347 e. The van der Waals surface area contributed by atoms with Gasteiger partial charge in [-0.2, -0.15) is 4.31 Å². The van der Waals surface area contributed by atoms with Gasteiger partial charge in [0.15, 0.2) is 0 Å². The minimum Gasteiger partial charge on any atom is -0.477 e. The van der Waals surface area contributed by atoms with Crippen molar-refractivity contribution in [2.75, 3.05) is 46.4 Å². The standard InChI is InChI=1S/C12H18N2O5S2/c1-13(3-4-14-5-7-19-8-6-14)21(17,18)10-2-9-20-11(10)12(15)16/h2,9H,3-8H2,1H3,(H,15,16). The summed E-state index contributed by atoms with van der Waals surface area (Å²) in [5.41, 5.74) is 0. The number of carboxylic acids is 1. The Morgan fingerprint density at radius 2 is 2.14 bits per heavy atom. The van der Waals surface area contributed by atoms with Crippen molar-refractivity contribution in [3.05, 3.63) is 16.3 Å². The third-order valence-electron chi connectivity index (χ3n) is 3.35. The second kappa shape index (κ2) is 6.84. The maximum absolute atomic E-state index is 12.4. The molecule has 118 valence electrons. The molecule has 0 aliphatic carbocycles. The molecule has 0 atom stereocenters. The van der Waals surface area contributed by atoms with E-state index in [9.17, 15) is 13.2 Å². The van der Waals surface area contributed by atoms with Gasteiger partial charge < -0.3 is 9.84 Å². The summed E-state index contributed by atoms with van der Waals surface area (Å²) in [5.74, 6) is -1.22. The second-order valence-corrected chi connectivity index (χ2v) is 7.63. The van der Waals surface area contributed by atoms with Gasteiger partial charge in [0, 0.05) is 33.2 Å². The van der Waals surface area contributed by atoms with Crippen LogP contribution in [-0.2, 0) is 14.8 Å². The van der Waals surface area contributed by atoms with Gasteiger partial charge >= 0.3 is 5.97 Å². The predicted molar refractivity (Wildman–Crippen MR) is 78.4 cm³/mol. The monoisotopic (exact) mass is 334 g/mol. The summed E-state index contributed by atoms with van der Waals surface area (Å²) >= 11 is 0.916. The van der Waals surface area contributed by atoms with Crippen LogP contribution in [0.2, 0.25) is 0 Å². The van der Waals surface area contributed by atoms with Crippen LogP contribution < -0.4 is 0 Å². The van der Waals surface area contributed by atoms with Crippen LogP contribution in [0.15, 0.2) is 16.3 Å². The third kappa shape index (κ3) is 3.80. The van der Waals surface area contributed by atoms with Gasteiger partial charge in [-0.3, -0.25) is 4.90 Å². The van der Waals surface area contributed by atoms with Crippen LogP contribution in [0, 0.1) is 0 Å². The lowest BCUT2D eigenvalue weighted by atomic mass is 10.4. The highest BCUT2D eigenvalue weighted by Crippen LogP contribution is 2.24. The Kier molecular flexibility index (Phi) is 5.33. The number of carbonyl (C=O) groups is 1. The van der Waals surface area contributed by atoms with Crippen LogP contribution in [0.1, 0.15) is 9.67 Å². The zero-order valence-electron chi connectivity index (χ0n) is 11.7. The average Bonchev–Trinajstić information content (AvgIpc) is 2.96. The van der Waals surface area contributed by atoms with Gasteiger partial charge in [-0.1, -0.05) is 0 Å². The van der Waals surface area contributed by atoms with Crippen LogP contribution in [0.3, 0.4) is 0 Å². The first-order valence-corrected chi connectivity index (χ1v) is 8.82. The van der Waals surface area contributed by atoms with Gasteiger partial charge in [0.2, 0.25) is 10.0 Å². The fourth-order valence-electron chi connectivity index (χ4n) is 2.05. The fourth-order valence-corrected chi connectivity index (χ4v) is 4.44. The van der Waals surface area contributed by atoms with Crippen LogP contribution in [0.4, 0.5) is 0 Å². The number of ether oxygens (including phenoxy) is 1. The van der Waals surface area contributed by atoms with Crippen LogP contribution >= 0.6 is 11.3 Å². The molecule has 1 aromatic rings. The summed E-state index contributed by atoms with van der Waals surface area (Å²) in [4.78, 5) is 12.9. The summed E-state index contributed by atoms with van der Waals surface area (Å²) in [7, 11) is -2.30. The SMILES string of the molecule is CN(CCN1CCOCC1)S(=O)(=O)c1ccsc1C(=O)O. The van der Waals surface area contributed by atoms with Gasteiger partial charge in [0.1, 0.15) is 9.77 Å². The highest BCUT2D eigenvalue weighted by Gasteiger charge is 2.28. The number of aromatic carboxylic acids is 1. The number of hydrogen-bond donors (Lipinski definition) is 1. The minimum atomic E-state index is -3.77. The molecule has 7 nitrogen and oxygen atoms in total. The molecule has 0 unspecified atom stereocenters. The van der Waals surface area contributed by atoms with E-state index in [1.165, 1.54) is 22.8 Å². The quantitative estimate of drug-likeness (QED) is 0.810. The lowest BCUT2D eigenvalue weighted by Crippen LogP contribution is -2.42. The molecule has 0 saturated carbocycles. The van der Waals surface area contributed by atoms with Crippen LogP contribution in [-0.4, -0.2) is 75.1 Å². The summed E-state index contributed by atoms with van der Waals surface area (Å²) in [6.07, 6.45) is 0. The number of nitrogens with zero attached hydrogens (tertiary/aromatic N) is 2. The van der Waals surface area contributed by atoms with Gasteiger partial charge in [-0.15, -0.1) is 11.3 Å². The molecule has 0 aromatic carbocycles. The van der Waals surface area contributed by atoms with E-state index in [1.807, 2.05) is 0 Å². The Morgan fingerprint density at radius 3 is 2.76 bits per heavy atom. The topological polar surface area (TPSA) is 87.2 Å². The number of thiophene rings is 1. The van der Waals surface area contributed by atoms with Gasteiger partial charge in [-0.05, 0) is 11.4 Å².